The number of hydrogen-bond donors (Lipinski definition) is 1. The first-order chi connectivity index (χ1) is 9.29. The van der Waals surface area contributed by atoms with Gasteiger partial charge in [0.2, 0.25) is 0 Å². The Bertz CT molecular complexity index is 235. The Labute approximate surface area is 119 Å². The van der Waals surface area contributed by atoms with Gasteiger partial charge in [-0.3, -0.25) is 0 Å². The van der Waals surface area contributed by atoms with Crippen LogP contribution >= 0.6 is 0 Å². The van der Waals surface area contributed by atoms with Crippen LogP contribution in [-0.4, -0.2) is 50.8 Å². The van der Waals surface area contributed by atoms with Gasteiger partial charge in [-0.25, -0.2) is 0 Å². The predicted molar refractivity (Wildman–Crippen MR) is 80.5 cm³/mol. The first kappa shape index (κ1) is 15.3. The highest BCUT2D eigenvalue weighted by atomic mass is 16.5. The molecule has 0 radical (unpaired) electrons. The van der Waals surface area contributed by atoms with Gasteiger partial charge in [0, 0.05) is 32.3 Å². The van der Waals surface area contributed by atoms with Crippen LogP contribution in [0.25, 0.3) is 0 Å². The number of rotatable bonds is 7. The molecular weight excluding hydrogens is 236 g/mol. The summed E-state index contributed by atoms with van der Waals surface area (Å²) in [5.41, 5.74) is 0. The van der Waals surface area contributed by atoms with Crippen LogP contribution in [0.2, 0.25) is 0 Å². The molecule has 1 N–H and O–H groups in total. The molecule has 19 heavy (non-hydrogen) atoms. The van der Waals surface area contributed by atoms with Crippen LogP contribution in [0.3, 0.4) is 0 Å². The summed E-state index contributed by atoms with van der Waals surface area (Å²) >= 11 is 0. The lowest BCUT2D eigenvalue weighted by molar-refractivity contribution is 0.0538. The standard InChI is InChI=1S/C16H32N2O/c1-3-17-16(15-6-4-5-7-15)13-18(2)12-14-8-10-19-11-9-14/h14-17H,3-13H2,1-2H3. The van der Waals surface area contributed by atoms with Crippen LogP contribution in [-0.2, 0) is 4.74 Å². The molecule has 1 atom stereocenters. The summed E-state index contributed by atoms with van der Waals surface area (Å²) < 4.78 is 5.45. The summed E-state index contributed by atoms with van der Waals surface area (Å²) in [6.45, 7) is 7.75. The molecule has 1 saturated heterocycles. The van der Waals surface area contributed by atoms with Gasteiger partial charge in [0.15, 0.2) is 0 Å². The van der Waals surface area contributed by atoms with Gasteiger partial charge < -0.3 is 15.0 Å². The highest BCUT2D eigenvalue weighted by Crippen LogP contribution is 2.28. The van der Waals surface area contributed by atoms with E-state index >= 15 is 0 Å². The molecule has 3 nitrogen and oxygen atoms in total. The van der Waals surface area contributed by atoms with E-state index in [4.69, 9.17) is 4.74 Å². The summed E-state index contributed by atoms with van der Waals surface area (Å²) in [5.74, 6) is 1.77. The molecule has 1 heterocycles. The van der Waals surface area contributed by atoms with E-state index in [1.807, 2.05) is 0 Å². The summed E-state index contributed by atoms with van der Waals surface area (Å²) in [6, 6.07) is 0.706. The summed E-state index contributed by atoms with van der Waals surface area (Å²) in [6.07, 6.45) is 8.25. The van der Waals surface area contributed by atoms with E-state index in [0.717, 1.165) is 31.6 Å². The lowest BCUT2D eigenvalue weighted by Gasteiger charge is -2.32. The zero-order valence-corrected chi connectivity index (χ0v) is 12.9. The van der Waals surface area contributed by atoms with Crippen molar-refractivity contribution in [2.45, 2.75) is 51.5 Å². The van der Waals surface area contributed by atoms with Crippen molar-refractivity contribution in [1.82, 2.24) is 10.2 Å². The molecule has 0 spiro atoms. The zero-order chi connectivity index (χ0) is 13.5. The second kappa shape index (κ2) is 8.23. The molecular formula is C16H32N2O. The third kappa shape index (κ3) is 5.05. The van der Waals surface area contributed by atoms with Crippen molar-refractivity contribution in [1.29, 1.82) is 0 Å². The lowest BCUT2D eigenvalue weighted by Crippen LogP contribution is -2.45. The summed E-state index contributed by atoms with van der Waals surface area (Å²) in [5, 5.41) is 3.73. The molecule has 1 unspecified atom stereocenters. The van der Waals surface area contributed by atoms with E-state index in [1.165, 1.54) is 51.6 Å². The van der Waals surface area contributed by atoms with Crippen molar-refractivity contribution in [3.05, 3.63) is 0 Å². The van der Waals surface area contributed by atoms with Gasteiger partial charge in [0.25, 0.3) is 0 Å². The summed E-state index contributed by atoms with van der Waals surface area (Å²) in [7, 11) is 2.30. The third-order valence-corrected chi connectivity index (χ3v) is 4.85. The fourth-order valence-corrected chi connectivity index (χ4v) is 3.78. The number of ether oxygens (including phenoxy) is 1. The van der Waals surface area contributed by atoms with Gasteiger partial charge in [0.1, 0.15) is 0 Å². The Morgan fingerprint density at radius 3 is 2.47 bits per heavy atom. The molecule has 0 bridgehead atoms. The SMILES string of the molecule is CCNC(CN(C)CC1CCOCC1)C1CCCC1. The van der Waals surface area contributed by atoms with Gasteiger partial charge in [0.05, 0.1) is 0 Å². The van der Waals surface area contributed by atoms with Crippen LogP contribution in [0.15, 0.2) is 0 Å². The topological polar surface area (TPSA) is 24.5 Å². The Kier molecular flexibility index (Phi) is 6.62. The van der Waals surface area contributed by atoms with Crippen LogP contribution in [0.4, 0.5) is 0 Å². The molecule has 0 aromatic rings. The van der Waals surface area contributed by atoms with Crippen LogP contribution in [0.5, 0.6) is 0 Å². The first-order valence-electron chi connectivity index (χ1n) is 8.29. The van der Waals surface area contributed by atoms with E-state index in [0.29, 0.717) is 6.04 Å². The van der Waals surface area contributed by atoms with Crippen LogP contribution in [0, 0.1) is 11.8 Å². The minimum absolute atomic E-state index is 0.706. The molecule has 0 aromatic carbocycles. The fraction of sp³-hybridized carbons (Fsp3) is 1.00. The summed E-state index contributed by atoms with van der Waals surface area (Å²) in [4.78, 5) is 2.56. The van der Waals surface area contributed by atoms with Crippen molar-refractivity contribution >= 4 is 0 Å². The predicted octanol–water partition coefficient (Wildman–Crippen LogP) is 2.51. The average Bonchev–Trinajstić information content (AvgIpc) is 2.93. The third-order valence-electron chi connectivity index (χ3n) is 4.85. The molecule has 2 rings (SSSR count). The molecule has 0 amide bonds. The minimum atomic E-state index is 0.706. The van der Waals surface area contributed by atoms with E-state index in [1.54, 1.807) is 0 Å². The number of nitrogens with one attached hydrogen (secondary N) is 1. The molecule has 3 heteroatoms. The highest BCUT2D eigenvalue weighted by molar-refractivity contribution is 4.83. The van der Waals surface area contributed by atoms with Crippen molar-refractivity contribution < 1.29 is 4.74 Å². The molecule has 2 aliphatic rings. The van der Waals surface area contributed by atoms with Crippen molar-refractivity contribution in [3.8, 4) is 0 Å². The minimum Gasteiger partial charge on any atom is -0.381 e. The molecule has 0 aromatic heterocycles. The smallest absolute Gasteiger partial charge is 0.0469 e. The Hall–Kier alpha value is -0.120. The maximum Gasteiger partial charge on any atom is 0.0469 e. The first-order valence-corrected chi connectivity index (χ1v) is 8.29. The van der Waals surface area contributed by atoms with E-state index in [2.05, 4.69) is 24.2 Å². The zero-order valence-electron chi connectivity index (χ0n) is 12.9. The normalized spacial score (nSPS) is 24.2. The molecule has 1 saturated carbocycles. The number of likely N-dealkylation sites (N-methyl/N-ethyl adjacent to an activating group) is 2. The van der Waals surface area contributed by atoms with E-state index < -0.39 is 0 Å². The van der Waals surface area contributed by atoms with E-state index in [-0.39, 0.29) is 0 Å². The second-order valence-corrected chi connectivity index (χ2v) is 6.49. The number of nitrogens with zero attached hydrogens (tertiary/aromatic N) is 1. The number of hydrogen-bond acceptors (Lipinski definition) is 3. The molecule has 2 fully saturated rings. The Morgan fingerprint density at radius 1 is 1.16 bits per heavy atom. The highest BCUT2D eigenvalue weighted by Gasteiger charge is 2.26. The second-order valence-electron chi connectivity index (χ2n) is 6.49. The average molecular weight is 268 g/mol. The monoisotopic (exact) mass is 268 g/mol. The van der Waals surface area contributed by atoms with Crippen molar-refractivity contribution in [3.63, 3.8) is 0 Å². The van der Waals surface area contributed by atoms with Gasteiger partial charge in [-0.2, -0.15) is 0 Å². The molecule has 1 aliphatic heterocycles. The fourth-order valence-electron chi connectivity index (χ4n) is 3.78. The van der Waals surface area contributed by atoms with Crippen LogP contribution in [0.1, 0.15) is 45.4 Å². The molecule has 1 aliphatic carbocycles. The van der Waals surface area contributed by atoms with Crippen molar-refractivity contribution in [2.24, 2.45) is 11.8 Å². The van der Waals surface area contributed by atoms with Gasteiger partial charge >= 0.3 is 0 Å². The lowest BCUT2D eigenvalue weighted by atomic mass is 9.96. The van der Waals surface area contributed by atoms with Gasteiger partial charge in [-0.15, -0.1) is 0 Å². The van der Waals surface area contributed by atoms with Gasteiger partial charge in [-0.05, 0) is 51.1 Å². The Balaban J connectivity index is 1.74. The van der Waals surface area contributed by atoms with Crippen molar-refractivity contribution in [2.75, 3.05) is 39.9 Å². The quantitative estimate of drug-likeness (QED) is 0.768. The maximum atomic E-state index is 5.45. The van der Waals surface area contributed by atoms with E-state index in [9.17, 15) is 0 Å². The molecule has 112 valence electrons. The van der Waals surface area contributed by atoms with Crippen LogP contribution < -0.4 is 5.32 Å². The Morgan fingerprint density at radius 2 is 1.84 bits per heavy atom. The maximum absolute atomic E-state index is 5.45. The largest absolute Gasteiger partial charge is 0.381 e. The van der Waals surface area contributed by atoms with Gasteiger partial charge in [-0.1, -0.05) is 19.8 Å².